The van der Waals surface area contributed by atoms with Gasteiger partial charge < -0.3 is 5.11 Å². The minimum absolute atomic E-state index is 0.900. The second kappa shape index (κ2) is 9.78. The van der Waals surface area contributed by atoms with E-state index >= 15 is 0 Å². The first-order valence-electron chi connectivity index (χ1n) is 4.94. The summed E-state index contributed by atoms with van der Waals surface area (Å²) < 4.78 is 0. The molecule has 0 heterocycles. The summed E-state index contributed by atoms with van der Waals surface area (Å²) >= 11 is 0. The van der Waals surface area contributed by atoms with Gasteiger partial charge in [0.2, 0.25) is 0 Å². The summed E-state index contributed by atoms with van der Waals surface area (Å²) in [5.41, 5.74) is 0. The van der Waals surface area contributed by atoms with Crippen molar-refractivity contribution in [2.24, 2.45) is 0 Å². The Morgan fingerprint density at radius 1 is 1.14 bits per heavy atom. The SMILES string of the molecule is CC=CCCCCC=CC=CC(=O)O. The Morgan fingerprint density at radius 3 is 2.36 bits per heavy atom. The van der Waals surface area contributed by atoms with Gasteiger partial charge in [-0.2, -0.15) is 0 Å². The van der Waals surface area contributed by atoms with Crippen molar-refractivity contribution in [2.45, 2.75) is 32.6 Å². The first-order valence-corrected chi connectivity index (χ1v) is 4.94. The molecule has 0 aromatic carbocycles. The van der Waals surface area contributed by atoms with Crippen molar-refractivity contribution in [3.63, 3.8) is 0 Å². The molecule has 0 aromatic heterocycles. The summed E-state index contributed by atoms with van der Waals surface area (Å²) in [4.78, 5) is 10.1. The summed E-state index contributed by atoms with van der Waals surface area (Å²) in [6.07, 6.45) is 15.2. The highest BCUT2D eigenvalue weighted by Crippen LogP contribution is 2.01. The summed E-state index contributed by atoms with van der Waals surface area (Å²) in [6, 6.07) is 0. The smallest absolute Gasteiger partial charge is 0.328 e. The molecular weight excluding hydrogens is 176 g/mol. The van der Waals surface area contributed by atoms with Crippen LogP contribution in [0, 0.1) is 0 Å². The van der Waals surface area contributed by atoms with Crippen molar-refractivity contribution in [2.75, 3.05) is 0 Å². The van der Waals surface area contributed by atoms with Gasteiger partial charge in [0.25, 0.3) is 0 Å². The molecule has 0 bridgehead atoms. The van der Waals surface area contributed by atoms with E-state index in [1.807, 2.05) is 13.0 Å². The fraction of sp³-hybridized carbons (Fsp3) is 0.417. The molecule has 78 valence electrons. The van der Waals surface area contributed by atoms with Crippen LogP contribution >= 0.6 is 0 Å². The van der Waals surface area contributed by atoms with Gasteiger partial charge in [-0.15, -0.1) is 0 Å². The summed E-state index contributed by atoms with van der Waals surface area (Å²) in [6.45, 7) is 2.02. The molecule has 0 atom stereocenters. The highest BCUT2D eigenvalue weighted by atomic mass is 16.4. The van der Waals surface area contributed by atoms with Crippen molar-refractivity contribution < 1.29 is 9.90 Å². The van der Waals surface area contributed by atoms with Gasteiger partial charge in [0.15, 0.2) is 0 Å². The second-order valence-electron chi connectivity index (χ2n) is 2.98. The normalized spacial score (nSPS) is 12.1. The highest BCUT2D eigenvalue weighted by Gasteiger charge is 1.83. The first kappa shape index (κ1) is 12.7. The molecule has 2 nitrogen and oxygen atoms in total. The number of aliphatic carboxylic acids is 1. The zero-order chi connectivity index (χ0) is 10.6. The molecular formula is C12H18O2. The van der Waals surface area contributed by atoms with Crippen molar-refractivity contribution >= 4 is 5.97 Å². The molecule has 0 amide bonds. The standard InChI is InChI=1S/C12H18O2/c1-2-3-4-5-6-7-8-9-10-11-12(13)14/h2-3,8-11H,4-7H2,1H3,(H,13,14). The van der Waals surface area contributed by atoms with Gasteiger partial charge in [-0.1, -0.05) is 30.4 Å². The Labute approximate surface area is 85.6 Å². The van der Waals surface area contributed by atoms with Crippen LogP contribution in [-0.2, 0) is 4.79 Å². The van der Waals surface area contributed by atoms with Crippen molar-refractivity contribution in [3.8, 4) is 0 Å². The largest absolute Gasteiger partial charge is 0.478 e. The third-order valence-corrected chi connectivity index (χ3v) is 1.71. The predicted octanol–water partition coefficient (Wildman–Crippen LogP) is 3.32. The van der Waals surface area contributed by atoms with Crippen molar-refractivity contribution in [1.82, 2.24) is 0 Å². The first-order chi connectivity index (χ1) is 6.77. The molecule has 1 N–H and O–H groups in total. The number of allylic oxidation sites excluding steroid dienone is 5. The van der Waals surface area contributed by atoms with E-state index in [1.54, 1.807) is 12.2 Å². The summed E-state index contributed by atoms with van der Waals surface area (Å²) in [5, 5.41) is 8.28. The summed E-state index contributed by atoms with van der Waals surface area (Å²) in [7, 11) is 0. The minimum Gasteiger partial charge on any atom is -0.478 e. The van der Waals surface area contributed by atoms with E-state index in [4.69, 9.17) is 5.11 Å². The van der Waals surface area contributed by atoms with Gasteiger partial charge in [-0.3, -0.25) is 0 Å². The Balaban J connectivity index is 3.31. The molecule has 0 saturated heterocycles. The number of hydrogen-bond donors (Lipinski definition) is 1. The molecule has 14 heavy (non-hydrogen) atoms. The van der Waals surface area contributed by atoms with E-state index in [2.05, 4.69) is 12.2 Å². The fourth-order valence-corrected chi connectivity index (χ4v) is 1.00. The van der Waals surface area contributed by atoms with Crippen LogP contribution in [-0.4, -0.2) is 11.1 Å². The van der Waals surface area contributed by atoms with E-state index in [-0.39, 0.29) is 0 Å². The third-order valence-electron chi connectivity index (χ3n) is 1.71. The zero-order valence-electron chi connectivity index (χ0n) is 8.65. The molecule has 0 unspecified atom stereocenters. The Kier molecular flexibility index (Phi) is 8.86. The quantitative estimate of drug-likeness (QED) is 0.292. The maximum absolute atomic E-state index is 10.1. The maximum atomic E-state index is 10.1. The van der Waals surface area contributed by atoms with E-state index in [9.17, 15) is 4.79 Å². The molecule has 0 radical (unpaired) electrons. The van der Waals surface area contributed by atoms with Gasteiger partial charge >= 0.3 is 5.97 Å². The van der Waals surface area contributed by atoms with Crippen LogP contribution in [0.25, 0.3) is 0 Å². The lowest BCUT2D eigenvalue weighted by Crippen LogP contribution is -1.84. The van der Waals surface area contributed by atoms with Crippen molar-refractivity contribution in [1.29, 1.82) is 0 Å². The van der Waals surface area contributed by atoms with Gasteiger partial charge in [0.1, 0.15) is 0 Å². The molecule has 0 rings (SSSR count). The predicted molar refractivity (Wildman–Crippen MR) is 59.2 cm³/mol. The van der Waals surface area contributed by atoms with Crippen LogP contribution in [0.3, 0.4) is 0 Å². The van der Waals surface area contributed by atoms with Gasteiger partial charge in [0, 0.05) is 6.08 Å². The van der Waals surface area contributed by atoms with Crippen LogP contribution in [0.1, 0.15) is 32.6 Å². The van der Waals surface area contributed by atoms with E-state index in [0.29, 0.717) is 0 Å². The van der Waals surface area contributed by atoms with Crippen LogP contribution in [0.5, 0.6) is 0 Å². The molecule has 2 heteroatoms. The maximum Gasteiger partial charge on any atom is 0.328 e. The van der Waals surface area contributed by atoms with Gasteiger partial charge in [-0.25, -0.2) is 4.79 Å². The number of carbonyl (C=O) groups is 1. The number of hydrogen-bond acceptors (Lipinski definition) is 1. The lowest BCUT2D eigenvalue weighted by atomic mass is 10.2. The van der Waals surface area contributed by atoms with Crippen LogP contribution in [0.2, 0.25) is 0 Å². The molecule has 0 spiro atoms. The number of carboxylic acid groups (broad SMARTS) is 1. The molecule has 0 aliphatic carbocycles. The fourth-order valence-electron chi connectivity index (χ4n) is 1.00. The second-order valence-corrected chi connectivity index (χ2v) is 2.98. The number of carboxylic acids is 1. The Bertz CT molecular complexity index is 224. The molecule has 0 aromatic rings. The molecule has 0 aliphatic rings. The third kappa shape index (κ3) is 10.7. The Morgan fingerprint density at radius 2 is 1.79 bits per heavy atom. The zero-order valence-corrected chi connectivity index (χ0v) is 8.65. The van der Waals surface area contributed by atoms with Crippen molar-refractivity contribution in [3.05, 3.63) is 36.5 Å². The average Bonchev–Trinajstić information content (AvgIpc) is 2.15. The summed E-state index contributed by atoms with van der Waals surface area (Å²) in [5.74, 6) is -0.900. The van der Waals surface area contributed by atoms with Crippen LogP contribution in [0.4, 0.5) is 0 Å². The van der Waals surface area contributed by atoms with E-state index in [1.165, 1.54) is 6.42 Å². The van der Waals surface area contributed by atoms with E-state index in [0.717, 1.165) is 25.3 Å². The monoisotopic (exact) mass is 194 g/mol. The average molecular weight is 194 g/mol. The van der Waals surface area contributed by atoms with Crippen LogP contribution < -0.4 is 0 Å². The van der Waals surface area contributed by atoms with Crippen LogP contribution in [0.15, 0.2) is 36.5 Å². The number of unbranched alkanes of at least 4 members (excludes halogenated alkanes) is 3. The molecule has 0 saturated carbocycles. The minimum atomic E-state index is -0.900. The Hall–Kier alpha value is -1.31. The number of rotatable bonds is 7. The molecule has 0 aliphatic heterocycles. The van der Waals surface area contributed by atoms with E-state index < -0.39 is 5.97 Å². The van der Waals surface area contributed by atoms with Gasteiger partial charge in [0.05, 0.1) is 0 Å². The lowest BCUT2D eigenvalue weighted by Gasteiger charge is -1.91. The molecule has 0 fully saturated rings. The van der Waals surface area contributed by atoms with Gasteiger partial charge in [-0.05, 0) is 32.6 Å². The topological polar surface area (TPSA) is 37.3 Å². The lowest BCUT2D eigenvalue weighted by molar-refractivity contribution is -0.131. The highest BCUT2D eigenvalue weighted by molar-refractivity contribution is 5.80.